The van der Waals surface area contributed by atoms with E-state index in [1.54, 1.807) is 43.3 Å². The second kappa shape index (κ2) is 10.5. The molecule has 1 amide bonds. The summed E-state index contributed by atoms with van der Waals surface area (Å²) in [6, 6.07) is 14.1. The quantitative estimate of drug-likeness (QED) is 0.298. The highest BCUT2D eigenvalue weighted by Gasteiger charge is 2.21. The number of thiophene rings is 1. The van der Waals surface area contributed by atoms with Crippen LogP contribution in [-0.2, 0) is 14.8 Å². The minimum absolute atomic E-state index is 0.0121. The summed E-state index contributed by atoms with van der Waals surface area (Å²) in [4.78, 5) is 23.5. The number of halogens is 1. The minimum atomic E-state index is -3.95. The first-order chi connectivity index (χ1) is 15.7. The van der Waals surface area contributed by atoms with E-state index in [9.17, 15) is 18.0 Å². The molecule has 0 saturated carbocycles. The fourth-order valence-electron chi connectivity index (χ4n) is 2.70. The van der Waals surface area contributed by atoms with Crippen LogP contribution < -0.4 is 14.9 Å². The topological polar surface area (TPSA) is 134 Å². The first kappa shape index (κ1) is 24.2. The summed E-state index contributed by atoms with van der Waals surface area (Å²) in [6.07, 6.45) is 1.29. The first-order valence-corrected chi connectivity index (χ1v) is 12.0. The Morgan fingerprint density at radius 3 is 2.61 bits per heavy atom. The number of para-hydroxylation sites is 2. The molecule has 1 aromatic heterocycles. The van der Waals surface area contributed by atoms with Crippen molar-refractivity contribution in [3.8, 4) is 5.75 Å². The zero-order chi connectivity index (χ0) is 24.0. The molecule has 9 nitrogen and oxygen atoms in total. The molecule has 12 heteroatoms. The molecule has 0 spiro atoms. The average Bonchev–Trinajstić information content (AvgIpc) is 3.21. The van der Waals surface area contributed by atoms with E-state index in [2.05, 4.69) is 15.2 Å². The van der Waals surface area contributed by atoms with Gasteiger partial charge in [-0.1, -0.05) is 35.9 Å². The largest absolute Gasteiger partial charge is 0.481 e. The van der Waals surface area contributed by atoms with Gasteiger partial charge >= 0.3 is 5.97 Å². The number of anilines is 1. The Balaban J connectivity index is 1.79. The molecular weight excluding hydrogens is 490 g/mol. The summed E-state index contributed by atoms with van der Waals surface area (Å²) in [7, 11) is -3.95. The number of aliphatic carboxylic acids is 1. The van der Waals surface area contributed by atoms with Gasteiger partial charge in [0.15, 0.2) is 6.61 Å². The molecule has 0 aliphatic rings. The fourth-order valence-corrected chi connectivity index (χ4v) is 5.33. The SMILES string of the molecule is Cc1cccc(C(=O)N/N=C\c2ccccc2OCC(=O)O)c1NS(=O)(=O)c1ccc(Cl)s1. The van der Waals surface area contributed by atoms with Crippen molar-refractivity contribution in [3.05, 3.63) is 75.6 Å². The molecule has 172 valence electrons. The van der Waals surface area contributed by atoms with Crippen LogP contribution in [0.1, 0.15) is 21.5 Å². The number of rotatable bonds is 9. The molecule has 0 unspecified atom stereocenters. The lowest BCUT2D eigenvalue weighted by molar-refractivity contribution is -0.139. The molecule has 0 fully saturated rings. The van der Waals surface area contributed by atoms with Gasteiger partial charge in [-0.15, -0.1) is 11.3 Å². The van der Waals surface area contributed by atoms with Gasteiger partial charge in [-0.05, 0) is 42.8 Å². The average molecular weight is 508 g/mol. The number of carbonyl (C=O) groups excluding carboxylic acids is 1. The Morgan fingerprint density at radius 2 is 1.91 bits per heavy atom. The van der Waals surface area contributed by atoms with Crippen LogP contribution in [0.2, 0.25) is 4.34 Å². The van der Waals surface area contributed by atoms with Crippen molar-refractivity contribution >= 4 is 56.7 Å². The van der Waals surface area contributed by atoms with Crippen molar-refractivity contribution < 1.29 is 27.9 Å². The standard InChI is InChI=1S/C21H18ClN3O6S2/c1-13-5-4-7-15(20(13)25-33(29,30)19-10-9-17(22)32-19)21(28)24-23-11-14-6-2-3-8-16(14)31-12-18(26)27/h2-11,25H,12H2,1H3,(H,24,28)(H,26,27)/b23-11-. The summed E-state index contributed by atoms with van der Waals surface area (Å²) < 4.78 is 33.4. The summed E-state index contributed by atoms with van der Waals surface area (Å²) in [5.41, 5.74) is 3.49. The van der Waals surface area contributed by atoms with Crippen LogP contribution in [-0.4, -0.2) is 38.2 Å². The first-order valence-electron chi connectivity index (χ1n) is 9.32. The van der Waals surface area contributed by atoms with Crippen molar-refractivity contribution in [2.24, 2.45) is 5.10 Å². The van der Waals surface area contributed by atoms with E-state index in [4.69, 9.17) is 21.4 Å². The number of amides is 1. The maximum Gasteiger partial charge on any atom is 0.341 e. The van der Waals surface area contributed by atoms with Crippen LogP contribution in [0.5, 0.6) is 5.75 Å². The lowest BCUT2D eigenvalue weighted by atomic mass is 10.1. The molecule has 0 bridgehead atoms. The van der Waals surface area contributed by atoms with Crippen LogP contribution in [0.4, 0.5) is 5.69 Å². The van der Waals surface area contributed by atoms with Gasteiger partial charge in [0.25, 0.3) is 15.9 Å². The number of carboxylic acid groups (broad SMARTS) is 1. The maximum absolute atomic E-state index is 12.7. The molecule has 3 rings (SSSR count). The van der Waals surface area contributed by atoms with Crippen LogP contribution in [0.15, 0.2) is 63.9 Å². The number of carbonyl (C=O) groups is 2. The molecule has 0 aliphatic heterocycles. The molecular formula is C21H18ClN3O6S2. The zero-order valence-electron chi connectivity index (χ0n) is 17.1. The number of carboxylic acids is 1. The van der Waals surface area contributed by atoms with Gasteiger partial charge in [0.05, 0.1) is 21.8 Å². The summed E-state index contributed by atoms with van der Waals surface area (Å²) in [6.45, 7) is 1.13. The van der Waals surface area contributed by atoms with Crippen molar-refractivity contribution in [1.29, 1.82) is 0 Å². The van der Waals surface area contributed by atoms with E-state index in [0.717, 1.165) is 11.3 Å². The Bertz CT molecular complexity index is 1320. The molecule has 2 aromatic carbocycles. The number of hydrogen-bond acceptors (Lipinski definition) is 7. The Hall–Kier alpha value is -3.41. The summed E-state index contributed by atoms with van der Waals surface area (Å²) in [5, 5.41) is 12.7. The van der Waals surface area contributed by atoms with Gasteiger partial charge in [0, 0.05) is 5.56 Å². The number of sulfonamides is 1. The number of nitrogens with one attached hydrogen (secondary N) is 2. The summed E-state index contributed by atoms with van der Waals surface area (Å²) in [5.74, 6) is -1.51. The number of hydrogen-bond donors (Lipinski definition) is 3. The minimum Gasteiger partial charge on any atom is -0.481 e. The number of hydrazone groups is 1. The summed E-state index contributed by atoms with van der Waals surface area (Å²) >= 11 is 6.74. The van der Waals surface area contributed by atoms with Crippen molar-refractivity contribution in [3.63, 3.8) is 0 Å². The smallest absolute Gasteiger partial charge is 0.341 e. The lowest BCUT2D eigenvalue weighted by Crippen LogP contribution is -2.22. The lowest BCUT2D eigenvalue weighted by Gasteiger charge is -2.13. The van der Waals surface area contributed by atoms with Crippen molar-refractivity contribution in [1.82, 2.24) is 5.43 Å². The monoisotopic (exact) mass is 507 g/mol. The predicted octanol–water partition coefficient (Wildman–Crippen LogP) is 3.74. The molecule has 1 heterocycles. The van der Waals surface area contributed by atoms with Gasteiger partial charge in [0.2, 0.25) is 0 Å². The maximum atomic E-state index is 12.7. The molecule has 33 heavy (non-hydrogen) atoms. The fraction of sp³-hybridized carbons (Fsp3) is 0.0952. The Labute approximate surface area is 198 Å². The zero-order valence-corrected chi connectivity index (χ0v) is 19.5. The second-order valence-electron chi connectivity index (χ2n) is 6.58. The third-order valence-electron chi connectivity index (χ3n) is 4.21. The molecule has 0 aliphatic carbocycles. The van der Waals surface area contributed by atoms with Crippen LogP contribution in [0, 0.1) is 6.92 Å². The predicted molar refractivity (Wildman–Crippen MR) is 126 cm³/mol. The van der Waals surface area contributed by atoms with Crippen LogP contribution in [0.25, 0.3) is 0 Å². The van der Waals surface area contributed by atoms with Gasteiger partial charge in [-0.25, -0.2) is 18.6 Å². The normalized spacial score (nSPS) is 11.3. The number of benzene rings is 2. The van der Waals surface area contributed by atoms with Crippen LogP contribution >= 0.6 is 22.9 Å². The number of nitrogens with zero attached hydrogens (tertiary/aromatic N) is 1. The highest BCUT2D eigenvalue weighted by Crippen LogP contribution is 2.29. The van der Waals surface area contributed by atoms with E-state index in [1.165, 1.54) is 24.4 Å². The molecule has 0 radical (unpaired) electrons. The molecule has 3 aromatic rings. The number of aryl methyl sites for hydroxylation is 1. The molecule has 0 atom stereocenters. The highest BCUT2D eigenvalue weighted by molar-refractivity contribution is 7.94. The van der Waals surface area contributed by atoms with Crippen molar-refractivity contribution in [2.45, 2.75) is 11.1 Å². The van der Waals surface area contributed by atoms with E-state index >= 15 is 0 Å². The third kappa shape index (κ3) is 6.31. The van der Waals surface area contributed by atoms with E-state index in [-0.39, 0.29) is 21.2 Å². The van der Waals surface area contributed by atoms with Gasteiger partial charge < -0.3 is 9.84 Å². The van der Waals surface area contributed by atoms with Gasteiger partial charge in [-0.2, -0.15) is 5.10 Å². The molecule has 0 saturated heterocycles. The van der Waals surface area contributed by atoms with Gasteiger partial charge in [-0.3, -0.25) is 9.52 Å². The number of ether oxygens (including phenoxy) is 1. The third-order valence-corrected chi connectivity index (χ3v) is 7.28. The van der Waals surface area contributed by atoms with E-state index in [1.807, 2.05) is 0 Å². The Kier molecular flexibility index (Phi) is 7.69. The van der Waals surface area contributed by atoms with E-state index < -0.39 is 28.5 Å². The second-order valence-corrected chi connectivity index (χ2v) is 10.2. The Morgan fingerprint density at radius 1 is 1.15 bits per heavy atom. The van der Waals surface area contributed by atoms with E-state index in [0.29, 0.717) is 15.5 Å². The van der Waals surface area contributed by atoms with Gasteiger partial charge in [0.1, 0.15) is 9.96 Å². The molecule has 3 N–H and O–H groups in total. The van der Waals surface area contributed by atoms with Crippen molar-refractivity contribution in [2.75, 3.05) is 11.3 Å². The van der Waals surface area contributed by atoms with Crippen LogP contribution in [0.3, 0.4) is 0 Å². The highest BCUT2D eigenvalue weighted by atomic mass is 35.5.